The van der Waals surface area contributed by atoms with Gasteiger partial charge in [0.05, 0.1) is 0 Å². The Kier molecular flexibility index (Phi) is 5.61. The first-order valence-corrected chi connectivity index (χ1v) is 7.02. The average molecular weight is 245 g/mol. The summed E-state index contributed by atoms with van der Waals surface area (Å²) in [5, 5.41) is 0. The molecular formula is C11H19NOS2. The van der Waals surface area contributed by atoms with Crippen LogP contribution in [0.3, 0.4) is 0 Å². The van der Waals surface area contributed by atoms with E-state index in [-0.39, 0.29) is 5.92 Å². The lowest BCUT2D eigenvalue weighted by molar-refractivity contribution is -0.120. The van der Waals surface area contributed by atoms with Crippen LogP contribution in [-0.4, -0.2) is 33.8 Å². The summed E-state index contributed by atoms with van der Waals surface area (Å²) in [6.07, 6.45) is 2.91. The van der Waals surface area contributed by atoms with E-state index in [9.17, 15) is 4.79 Å². The van der Waals surface area contributed by atoms with Crippen molar-refractivity contribution in [3.05, 3.63) is 0 Å². The molecule has 0 aromatic rings. The van der Waals surface area contributed by atoms with Gasteiger partial charge in [0.1, 0.15) is 10.1 Å². The standard InChI is InChI=1S/C11H19NOS2/c1-3-12(4-2)11(14)15-8-9-6-5-7-10(9)13/h9H,3-8H2,1-2H3. The number of hydrogen-bond acceptors (Lipinski definition) is 3. The first-order chi connectivity index (χ1) is 7.19. The van der Waals surface area contributed by atoms with E-state index in [1.54, 1.807) is 11.8 Å². The van der Waals surface area contributed by atoms with Gasteiger partial charge in [0.2, 0.25) is 0 Å². The van der Waals surface area contributed by atoms with Crippen molar-refractivity contribution in [1.29, 1.82) is 0 Å². The third-order valence-electron chi connectivity index (χ3n) is 2.86. The number of ketones is 1. The molecule has 1 atom stereocenters. The van der Waals surface area contributed by atoms with E-state index in [1.807, 2.05) is 0 Å². The normalized spacial score (nSPS) is 20.7. The molecule has 0 spiro atoms. The van der Waals surface area contributed by atoms with Crippen molar-refractivity contribution in [1.82, 2.24) is 4.90 Å². The number of Topliss-reactive ketones (excluding diaryl/α,β-unsaturated/α-hetero) is 1. The molecule has 1 rings (SSSR count). The number of thiocarbonyl (C=S) groups is 1. The summed E-state index contributed by atoms with van der Waals surface area (Å²) in [6, 6.07) is 0. The lowest BCUT2D eigenvalue weighted by atomic mass is 10.1. The molecule has 15 heavy (non-hydrogen) atoms. The van der Waals surface area contributed by atoms with Crippen LogP contribution in [0.25, 0.3) is 0 Å². The van der Waals surface area contributed by atoms with Crippen LogP contribution in [0.4, 0.5) is 0 Å². The Morgan fingerprint density at radius 2 is 2.20 bits per heavy atom. The highest BCUT2D eigenvalue weighted by Crippen LogP contribution is 2.26. The fraction of sp³-hybridized carbons (Fsp3) is 0.818. The second kappa shape index (κ2) is 6.48. The van der Waals surface area contributed by atoms with Crippen molar-refractivity contribution < 1.29 is 4.79 Å². The molecule has 0 aromatic carbocycles. The van der Waals surface area contributed by atoms with Gasteiger partial charge in [-0.15, -0.1) is 0 Å². The summed E-state index contributed by atoms with van der Waals surface area (Å²) in [5.74, 6) is 1.59. The van der Waals surface area contributed by atoms with Crippen LogP contribution in [0.2, 0.25) is 0 Å². The lowest BCUT2D eigenvalue weighted by Crippen LogP contribution is -2.27. The molecule has 86 valence electrons. The smallest absolute Gasteiger partial charge is 0.136 e. The number of thioether (sulfide) groups is 1. The molecule has 1 saturated carbocycles. The summed E-state index contributed by atoms with van der Waals surface area (Å²) in [5.41, 5.74) is 0. The number of hydrogen-bond donors (Lipinski definition) is 0. The van der Waals surface area contributed by atoms with E-state index in [4.69, 9.17) is 12.2 Å². The lowest BCUT2D eigenvalue weighted by Gasteiger charge is -2.21. The van der Waals surface area contributed by atoms with Gasteiger partial charge >= 0.3 is 0 Å². The SMILES string of the molecule is CCN(CC)C(=S)SCC1CCCC1=O. The summed E-state index contributed by atoms with van der Waals surface area (Å²) in [4.78, 5) is 13.6. The van der Waals surface area contributed by atoms with Gasteiger partial charge in [-0.05, 0) is 26.7 Å². The maximum absolute atomic E-state index is 11.4. The van der Waals surface area contributed by atoms with Gasteiger partial charge in [-0.3, -0.25) is 4.79 Å². The molecule has 1 aliphatic carbocycles. The first kappa shape index (κ1) is 13.0. The molecule has 0 saturated heterocycles. The molecule has 1 unspecified atom stereocenters. The zero-order valence-corrected chi connectivity index (χ0v) is 11.1. The van der Waals surface area contributed by atoms with Crippen LogP contribution in [0.1, 0.15) is 33.1 Å². The second-order valence-electron chi connectivity index (χ2n) is 3.80. The molecule has 1 aliphatic rings. The number of rotatable bonds is 4. The third-order valence-corrected chi connectivity index (χ3v) is 4.55. The summed E-state index contributed by atoms with van der Waals surface area (Å²) in [7, 11) is 0. The van der Waals surface area contributed by atoms with Gasteiger partial charge in [0.25, 0.3) is 0 Å². The van der Waals surface area contributed by atoms with Crippen molar-refractivity contribution in [2.24, 2.45) is 5.92 Å². The van der Waals surface area contributed by atoms with Crippen LogP contribution in [0, 0.1) is 5.92 Å². The quantitative estimate of drug-likeness (QED) is 0.709. The highest BCUT2D eigenvalue weighted by molar-refractivity contribution is 8.22. The zero-order chi connectivity index (χ0) is 11.3. The molecule has 0 N–H and O–H groups in total. The van der Waals surface area contributed by atoms with Gasteiger partial charge in [0.15, 0.2) is 0 Å². The molecule has 0 heterocycles. The Labute approximate surface area is 102 Å². The summed E-state index contributed by atoms with van der Waals surface area (Å²) >= 11 is 7.00. The maximum atomic E-state index is 11.4. The van der Waals surface area contributed by atoms with Crippen LogP contribution in [0.15, 0.2) is 0 Å². The number of carbonyl (C=O) groups excluding carboxylic acids is 1. The van der Waals surface area contributed by atoms with Crippen molar-refractivity contribution in [3.8, 4) is 0 Å². The van der Waals surface area contributed by atoms with Gasteiger partial charge < -0.3 is 4.90 Å². The fourth-order valence-corrected chi connectivity index (χ4v) is 3.41. The van der Waals surface area contributed by atoms with Crippen LogP contribution < -0.4 is 0 Å². The van der Waals surface area contributed by atoms with Crippen molar-refractivity contribution >= 4 is 34.1 Å². The minimum atomic E-state index is 0.267. The van der Waals surface area contributed by atoms with Crippen molar-refractivity contribution in [2.75, 3.05) is 18.8 Å². The van der Waals surface area contributed by atoms with E-state index >= 15 is 0 Å². The molecule has 0 radical (unpaired) electrons. The molecule has 2 nitrogen and oxygen atoms in total. The Morgan fingerprint density at radius 3 is 2.67 bits per heavy atom. The minimum absolute atomic E-state index is 0.267. The molecule has 0 aromatic heterocycles. The Bertz CT molecular complexity index is 239. The second-order valence-corrected chi connectivity index (χ2v) is 5.46. The van der Waals surface area contributed by atoms with Gasteiger partial charge in [0, 0.05) is 31.2 Å². The highest BCUT2D eigenvalue weighted by Gasteiger charge is 2.24. The Balaban J connectivity index is 2.29. The Morgan fingerprint density at radius 1 is 1.53 bits per heavy atom. The largest absolute Gasteiger partial charge is 0.358 e. The van der Waals surface area contributed by atoms with Gasteiger partial charge in [-0.25, -0.2) is 0 Å². The van der Waals surface area contributed by atoms with E-state index in [1.165, 1.54) is 0 Å². The van der Waals surface area contributed by atoms with Crippen LogP contribution in [-0.2, 0) is 4.79 Å². The topological polar surface area (TPSA) is 20.3 Å². The zero-order valence-electron chi connectivity index (χ0n) is 9.49. The predicted octanol–water partition coefficient (Wildman–Crippen LogP) is 2.72. The fourth-order valence-electron chi connectivity index (χ4n) is 1.81. The van der Waals surface area contributed by atoms with Crippen molar-refractivity contribution in [2.45, 2.75) is 33.1 Å². The van der Waals surface area contributed by atoms with Gasteiger partial charge in [-0.2, -0.15) is 0 Å². The molecule has 0 aliphatic heterocycles. The number of nitrogens with zero attached hydrogens (tertiary/aromatic N) is 1. The van der Waals surface area contributed by atoms with Crippen LogP contribution >= 0.6 is 24.0 Å². The van der Waals surface area contributed by atoms with Crippen LogP contribution in [0.5, 0.6) is 0 Å². The van der Waals surface area contributed by atoms with Crippen molar-refractivity contribution in [3.63, 3.8) is 0 Å². The molecule has 0 bridgehead atoms. The highest BCUT2D eigenvalue weighted by atomic mass is 32.2. The maximum Gasteiger partial charge on any atom is 0.136 e. The molecule has 0 amide bonds. The van der Waals surface area contributed by atoms with E-state index in [2.05, 4.69) is 18.7 Å². The Hall–Kier alpha value is -0.0900. The molecular weight excluding hydrogens is 226 g/mol. The predicted molar refractivity (Wildman–Crippen MR) is 70.3 cm³/mol. The summed E-state index contributed by atoms with van der Waals surface area (Å²) in [6.45, 7) is 6.13. The van der Waals surface area contributed by atoms with Gasteiger partial charge in [-0.1, -0.05) is 24.0 Å². The average Bonchev–Trinajstić information content (AvgIpc) is 2.63. The van der Waals surface area contributed by atoms with E-state index < -0.39 is 0 Å². The van der Waals surface area contributed by atoms with E-state index in [0.29, 0.717) is 5.78 Å². The third kappa shape index (κ3) is 3.76. The first-order valence-electron chi connectivity index (χ1n) is 5.63. The number of carbonyl (C=O) groups is 1. The van der Waals surface area contributed by atoms with E-state index in [0.717, 1.165) is 42.4 Å². The summed E-state index contributed by atoms with van der Waals surface area (Å²) < 4.78 is 0.944. The minimum Gasteiger partial charge on any atom is -0.358 e. The monoisotopic (exact) mass is 245 g/mol. The molecule has 1 fully saturated rings. The molecule has 4 heteroatoms.